The van der Waals surface area contributed by atoms with Crippen molar-refractivity contribution >= 4 is 35.1 Å². The number of carbonyl (C=O) groups excluding carboxylic acids is 1. The minimum Gasteiger partial charge on any atom is -0.481 e. The summed E-state index contributed by atoms with van der Waals surface area (Å²) < 4.78 is 10.3. The van der Waals surface area contributed by atoms with E-state index in [1.165, 1.54) is 33.1 Å². The molecule has 0 bridgehead atoms. The van der Waals surface area contributed by atoms with E-state index in [0.717, 1.165) is 0 Å². The Bertz CT molecular complexity index is 566. The molecule has 6 nitrogen and oxygen atoms in total. The first-order valence-corrected chi connectivity index (χ1v) is 7.11. The molecule has 1 rings (SSSR count). The number of amides is 1. The quantitative estimate of drug-likeness (QED) is 0.789. The van der Waals surface area contributed by atoms with E-state index in [1.807, 2.05) is 0 Å². The molecule has 0 aliphatic heterocycles. The van der Waals surface area contributed by atoms with Crippen molar-refractivity contribution in [3.63, 3.8) is 0 Å². The highest BCUT2D eigenvalue weighted by Gasteiger charge is 2.36. The number of hydrogen-bond acceptors (Lipinski definition) is 4. The van der Waals surface area contributed by atoms with Crippen LogP contribution in [0, 0.1) is 0 Å². The average Bonchev–Trinajstić information content (AvgIpc) is 2.42. The minimum absolute atomic E-state index is 0.173. The van der Waals surface area contributed by atoms with E-state index >= 15 is 0 Å². The van der Waals surface area contributed by atoms with Crippen molar-refractivity contribution in [3.05, 3.63) is 28.2 Å². The van der Waals surface area contributed by atoms with Crippen molar-refractivity contribution in [2.24, 2.45) is 0 Å². The van der Waals surface area contributed by atoms with Crippen molar-refractivity contribution < 1.29 is 24.2 Å². The molecule has 1 aromatic carbocycles. The summed E-state index contributed by atoms with van der Waals surface area (Å²) in [7, 11) is 1.35. The smallest absolute Gasteiger partial charge is 0.331 e. The third-order valence-electron chi connectivity index (χ3n) is 2.88. The number of rotatable bonds is 7. The van der Waals surface area contributed by atoms with Crippen LogP contribution in [0.2, 0.25) is 10.0 Å². The number of benzene rings is 1. The van der Waals surface area contributed by atoms with Gasteiger partial charge in [-0.3, -0.25) is 4.79 Å². The van der Waals surface area contributed by atoms with Gasteiger partial charge in [0.1, 0.15) is 5.75 Å². The number of hydrogen-bond donors (Lipinski definition) is 2. The molecule has 122 valence electrons. The average molecular weight is 350 g/mol. The monoisotopic (exact) mass is 349 g/mol. The molecule has 0 radical (unpaired) electrons. The van der Waals surface area contributed by atoms with Crippen molar-refractivity contribution in [2.75, 3.05) is 13.7 Å². The summed E-state index contributed by atoms with van der Waals surface area (Å²) in [6, 6.07) is 4.57. The van der Waals surface area contributed by atoms with Gasteiger partial charge in [0.15, 0.2) is 11.6 Å². The fraction of sp³-hybridized carbons (Fsp3) is 0.429. The van der Waals surface area contributed by atoms with Crippen LogP contribution in [0.4, 0.5) is 0 Å². The second kappa shape index (κ2) is 7.67. The topological polar surface area (TPSA) is 84.9 Å². The Kier molecular flexibility index (Phi) is 6.47. The molecule has 2 unspecified atom stereocenters. The highest BCUT2D eigenvalue weighted by Crippen LogP contribution is 2.26. The van der Waals surface area contributed by atoms with Gasteiger partial charge in [-0.15, -0.1) is 0 Å². The zero-order valence-corrected chi connectivity index (χ0v) is 13.9. The number of ether oxygens (including phenoxy) is 2. The Balaban J connectivity index is 2.75. The van der Waals surface area contributed by atoms with E-state index in [0.29, 0.717) is 15.8 Å². The number of halogens is 2. The third-order valence-corrected chi connectivity index (χ3v) is 3.62. The molecule has 0 saturated carbocycles. The summed E-state index contributed by atoms with van der Waals surface area (Å²) >= 11 is 11.6. The lowest BCUT2D eigenvalue weighted by Gasteiger charge is -2.27. The van der Waals surface area contributed by atoms with Crippen LogP contribution >= 0.6 is 23.2 Å². The number of aliphatic carboxylic acids is 1. The van der Waals surface area contributed by atoms with Gasteiger partial charge in [0.25, 0.3) is 5.91 Å². The van der Waals surface area contributed by atoms with Gasteiger partial charge in [-0.1, -0.05) is 23.2 Å². The van der Waals surface area contributed by atoms with Crippen molar-refractivity contribution in [1.29, 1.82) is 0 Å². The van der Waals surface area contributed by atoms with Gasteiger partial charge in [-0.2, -0.15) is 0 Å². The standard InChI is InChI=1S/C14H17Cl2NO5/c1-8(22-9-4-5-10(15)11(16)6-9)12(18)17-14(2,7-21-3)13(19)20/h4-6,8H,7H2,1-3H3,(H,17,18)(H,19,20). The van der Waals surface area contributed by atoms with Gasteiger partial charge in [0.05, 0.1) is 16.7 Å². The Morgan fingerprint density at radius 3 is 2.50 bits per heavy atom. The molecular weight excluding hydrogens is 333 g/mol. The van der Waals surface area contributed by atoms with Gasteiger partial charge in [-0.05, 0) is 26.0 Å². The Hall–Kier alpha value is -1.50. The molecule has 0 aromatic heterocycles. The molecule has 0 aliphatic carbocycles. The first-order valence-electron chi connectivity index (χ1n) is 6.35. The predicted octanol–water partition coefficient (Wildman–Crippen LogP) is 2.37. The lowest BCUT2D eigenvalue weighted by atomic mass is 10.0. The van der Waals surface area contributed by atoms with Gasteiger partial charge in [0.2, 0.25) is 0 Å². The second-order valence-electron chi connectivity index (χ2n) is 4.90. The van der Waals surface area contributed by atoms with Crippen LogP contribution in [0.5, 0.6) is 5.75 Å². The molecule has 0 spiro atoms. The number of carboxylic acids is 1. The normalized spacial score (nSPS) is 14.8. The maximum Gasteiger partial charge on any atom is 0.331 e. The maximum atomic E-state index is 12.1. The molecular formula is C14H17Cl2NO5. The van der Waals surface area contributed by atoms with E-state index < -0.39 is 23.5 Å². The Morgan fingerprint density at radius 2 is 2.00 bits per heavy atom. The van der Waals surface area contributed by atoms with Crippen LogP contribution < -0.4 is 10.1 Å². The Labute approximate surface area is 138 Å². The fourth-order valence-corrected chi connectivity index (χ4v) is 1.91. The maximum absolute atomic E-state index is 12.1. The van der Waals surface area contributed by atoms with Crippen LogP contribution in [-0.2, 0) is 14.3 Å². The lowest BCUT2D eigenvalue weighted by molar-refractivity contribution is -0.150. The second-order valence-corrected chi connectivity index (χ2v) is 5.71. The van der Waals surface area contributed by atoms with Crippen molar-refractivity contribution in [2.45, 2.75) is 25.5 Å². The summed E-state index contributed by atoms with van der Waals surface area (Å²) in [5.41, 5.74) is -1.54. The van der Waals surface area contributed by atoms with Gasteiger partial charge < -0.3 is 19.9 Å². The summed E-state index contributed by atoms with van der Waals surface area (Å²) in [5.74, 6) is -1.45. The van der Waals surface area contributed by atoms with Crippen molar-refractivity contribution in [1.82, 2.24) is 5.32 Å². The molecule has 2 N–H and O–H groups in total. The zero-order valence-electron chi connectivity index (χ0n) is 12.4. The number of methoxy groups -OCH3 is 1. The number of nitrogens with one attached hydrogen (secondary N) is 1. The van der Waals surface area contributed by atoms with Crippen LogP contribution in [0.3, 0.4) is 0 Å². The first kappa shape index (κ1) is 18.5. The fourth-order valence-electron chi connectivity index (χ4n) is 1.62. The van der Waals surface area contributed by atoms with E-state index in [-0.39, 0.29) is 6.61 Å². The molecule has 8 heteroatoms. The SMILES string of the molecule is COCC(C)(NC(=O)C(C)Oc1ccc(Cl)c(Cl)c1)C(=O)O. The summed E-state index contributed by atoms with van der Waals surface area (Å²) in [5, 5.41) is 12.2. The summed E-state index contributed by atoms with van der Waals surface area (Å²) in [6.07, 6.45) is -0.923. The molecule has 1 amide bonds. The molecule has 1 aromatic rings. The van der Waals surface area contributed by atoms with E-state index in [2.05, 4.69) is 5.32 Å². The molecule has 0 saturated heterocycles. The largest absolute Gasteiger partial charge is 0.481 e. The molecule has 0 aliphatic rings. The predicted molar refractivity (Wildman–Crippen MR) is 82.6 cm³/mol. The van der Waals surface area contributed by atoms with Crippen LogP contribution in [0.1, 0.15) is 13.8 Å². The molecule has 2 atom stereocenters. The molecule has 0 heterocycles. The van der Waals surface area contributed by atoms with E-state index in [1.54, 1.807) is 6.07 Å². The van der Waals surface area contributed by atoms with Crippen molar-refractivity contribution in [3.8, 4) is 5.75 Å². The number of carboxylic acid groups (broad SMARTS) is 1. The van der Waals surface area contributed by atoms with E-state index in [9.17, 15) is 14.7 Å². The summed E-state index contributed by atoms with van der Waals surface area (Å²) in [4.78, 5) is 23.3. The Morgan fingerprint density at radius 1 is 1.36 bits per heavy atom. The van der Waals surface area contributed by atoms with Gasteiger partial charge >= 0.3 is 5.97 Å². The lowest BCUT2D eigenvalue weighted by Crippen LogP contribution is -2.57. The highest BCUT2D eigenvalue weighted by molar-refractivity contribution is 6.42. The summed E-state index contributed by atoms with van der Waals surface area (Å²) in [6.45, 7) is 2.67. The van der Waals surface area contributed by atoms with Gasteiger partial charge in [0, 0.05) is 13.2 Å². The van der Waals surface area contributed by atoms with Crippen LogP contribution in [-0.4, -0.2) is 42.3 Å². The van der Waals surface area contributed by atoms with Gasteiger partial charge in [-0.25, -0.2) is 4.79 Å². The van der Waals surface area contributed by atoms with Crippen LogP contribution in [0.15, 0.2) is 18.2 Å². The van der Waals surface area contributed by atoms with E-state index in [4.69, 9.17) is 32.7 Å². The first-order chi connectivity index (χ1) is 10.2. The third kappa shape index (κ3) is 4.76. The molecule has 22 heavy (non-hydrogen) atoms. The minimum atomic E-state index is -1.54. The molecule has 0 fully saturated rings. The number of carbonyl (C=O) groups is 2. The van der Waals surface area contributed by atoms with Crippen LogP contribution in [0.25, 0.3) is 0 Å². The highest BCUT2D eigenvalue weighted by atomic mass is 35.5. The zero-order chi connectivity index (χ0) is 16.9.